The van der Waals surface area contributed by atoms with Gasteiger partial charge in [0.1, 0.15) is 0 Å². The SMILES string of the molecule is CC1CCC(C2CCC(C3CCC(C)C(C)C3)CC2)CC1. The van der Waals surface area contributed by atoms with Crippen LogP contribution in [-0.2, 0) is 0 Å². The van der Waals surface area contributed by atoms with E-state index in [9.17, 15) is 0 Å². The van der Waals surface area contributed by atoms with Crippen LogP contribution in [0.2, 0.25) is 0 Å². The summed E-state index contributed by atoms with van der Waals surface area (Å²) < 4.78 is 0. The molecular formula is C21H38. The highest BCUT2D eigenvalue weighted by atomic mass is 14.4. The van der Waals surface area contributed by atoms with Crippen molar-refractivity contribution in [3.05, 3.63) is 0 Å². The highest BCUT2D eigenvalue weighted by Crippen LogP contribution is 2.46. The molecule has 3 unspecified atom stereocenters. The molecule has 3 saturated carbocycles. The Balaban J connectivity index is 1.45. The molecule has 0 amide bonds. The van der Waals surface area contributed by atoms with Crippen LogP contribution in [0.15, 0.2) is 0 Å². The van der Waals surface area contributed by atoms with E-state index in [1.165, 1.54) is 25.7 Å². The molecule has 0 aromatic carbocycles. The zero-order valence-electron chi connectivity index (χ0n) is 14.8. The van der Waals surface area contributed by atoms with Crippen molar-refractivity contribution in [2.24, 2.45) is 41.4 Å². The molecule has 3 fully saturated rings. The summed E-state index contributed by atoms with van der Waals surface area (Å²) in [5.74, 6) is 7.38. The van der Waals surface area contributed by atoms with E-state index in [-0.39, 0.29) is 0 Å². The number of hydrogen-bond donors (Lipinski definition) is 0. The van der Waals surface area contributed by atoms with Gasteiger partial charge in [0, 0.05) is 0 Å². The van der Waals surface area contributed by atoms with E-state index < -0.39 is 0 Å². The first kappa shape index (κ1) is 15.9. The van der Waals surface area contributed by atoms with Crippen LogP contribution in [0.4, 0.5) is 0 Å². The summed E-state index contributed by atoms with van der Waals surface area (Å²) in [5, 5.41) is 0. The van der Waals surface area contributed by atoms with Crippen molar-refractivity contribution in [3.8, 4) is 0 Å². The fraction of sp³-hybridized carbons (Fsp3) is 1.00. The predicted octanol–water partition coefficient (Wildman–Crippen LogP) is 6.69. The van der Waals surface area contributed by atoms with Gasteiger partial charge in [-0.2, -0.15) is 0 Å². The van der Waals surface area contributed by atoms with Gasteiger partial charge in [0.15, 0.2) is 0 Å². The fourth-order valence-corrected chi connectivity index (χ4v) is 5.86. The van der Waals surface area contributed by atoms with E-state index in [4.69, 9.17) is 0 Å². The maximum Gasteiger partial charge on any atom is -0.0383 e. The molecule has 3 atom stereocenters. The Bertz CT molecular complexity index is 304. The zero-order valence-corrected chi connectivity index (χ0v) is 14.8. The highest BCUT2D eigenvalue weighted by molar-refractivity contribution is 4.86. The third-order valence-corrected chi connectivity index (χ3v) is 7.85. The second kappa shape index (κ2) is 7.05. The summed E-state index contributed by atoms with van der Waals surface area (Å²) in [4.78, 5) is 0. The molecule has 0 nitrogen and oxygen atoms in total. The first-order chi connectivity index (χ1) is 10.1. The van der Waals surface area contributed by atoms with Crippen LogP contribution < -0.4 is 0 Å². The zero-order chi connectivity index (χ0) is 14.8. The Hall–Kier alpha value is 0. The molecule has 122 valence electrons. The van der Waals surface area contributed by atoms with Crippen molar-refractivity contribution in [1.29, 1.82) is 0 Å². The smallest absolute Gasteiger partial charge is 0.0383 e. The van der Waals surface area contributed by atoms with E-state index in [2.05, 4.69) is 20.8 Å². The molecule has 3 rings (SSSR count). The quantitative estimate of drug-likeness (QED) is 0.531. The molecule has 0 aliphatic heterocycles. The van der Waals surface area contributed by atoms with Crippen LogP contribution in [0, 0.1) is 41.4 Å². The molecule has 3 aliphatic rings. The summed E-state index contributed by atoms with van der Waals surface area (Å²) in [7, 11) is 0. The topological polar surface area (TPSA) is 0 Å². The lowest BCUT2D eigenvalue weighted by atomic mass is 9.64. The lowest BCUT2D eigenvalue weighted by molar-refractivity contribution is 0.0908. The van der Waals surface area contributed by atoms with E-state index >= 15 is 0 Å². The van der Waals surface area contributed by atoms with Crippen LogP contribution in [0.5, 0.6) is 0 Å². The van der Waals surface area contributed by atoms with Crippen LogP contribution in [0.25, 0.3) is 0 Å². The van der Waals surface area contributed by atoms with Crippen molar-refractivity contribution in [2.75, 3.05) is 0 Å². The largest absolute Gasteiger partial charge is 0.0625 e. The fourth-order valence-electron chi connectivity index (χ4n) is 5.86. The first-order valence-corrected chi connectivity index (χ1v) is 10.1. The van der Waals surface area contributed by atoms with Crippen LogP contribution in [-0.4, -0.2) is 0 Å². The molecular weight excluding hydrogens is 252 g/mol. The first-order valence-electron chi connectivity index (χ1n) is 10.1. The van der Waals surface area contributed by atoms with E-state index in [1.807, 2.05) is 0 Å². The van der Waals surface area contributed by atoms with Crippen LogP contribution in [0.3, 0.4) is 0 Å². The summed E-state index contributed by atoms with van der Waals surface area (Å²) >= 11 is 0. The average molecular weight is 291 g/mol. The molecule has 0 saturated heterocycles. The Morgan fingerprint density at radius 2 is 0.857 bits per heavy atom. The summed E-state index contributed by atoms with van der Waals surface area (Å²) in [5.41, 5.74) is 0. The Morgan fingerprint density at radius 3 is 1.38 bits per heavy atom. The average Bonchev–Trinajstić information content (AvgIpc) is 2.51. The van der Waals surface area contributed by atoms with Gasteiger partial charge in [-0.25, -0.2) is 0 Å². The molecule has 0 bridgehead atoms. The molecule has 0 heteroatoms. The minimum atomic E-state index is 0.987. The normalized spacial score (nSPS) is 49.0. The second-order valence-corrected chi connectivity index (χ2v) is 9.22. The summed E-state index contributed by atoms with van der Waals surface area (Å²) in [6.45, 7) is 7.44. The molecule has 3 aliphatic carbocycles. The highest BCUT2D eigenvalue weighted by Gasteiger charge is 2.35. The van der Waals surface area contributed by atoms with Crippen molar-refractivity contribution in [2.45, 2.75) is 91.4 Å². The molecule has 0 radical (unpaired) electrons. The Kier molecular flexibility index (Phi) is 5.33. The molecule has 21 heavy (non-hydrogen) atoms. The van der Waals surface area contributed by atoms with Gasteiger partial charge >= 0.3 is 0 Å². The van der Waals surface area contributed by atoms with Crippen molar-refractivity contribution >= 4 is 0 Å². The standard InChI is InChI=1S/C21H38/c1-15-4-7-18(8-5-15)19-10-12-20(13-11-19)21-9-6-16(2)17(3)14-21/h15-21H,4-14H2,1-3H3. The minimum absolute atomic E-state index is 0.987. The molecule has 0 aromatic rings. The Labute approximate surface area is 133 Å². The molecule has 0 heterocycles. The minimum Gasteiger partial charge on any atom is -0.0625 e. The van der Waals surface area contributed by atoms with Gasteiger partial charge < -0.3 is 0 Å². The predicted molar refractivity (Wildman–Crippen MR) is 92.2 cm³/mol. The van der Waals surface area contributed by atoms with Gasteiger partial charge in [0.25, 0.3) is 0 Å². The van der Waals surface area contributed by atoms with Gasteiger partial charge in [-0.05, 0) is 92.8 Å². The van der Waals surface area contributed by atoms with Crippen molar-refractivity contribution in [1.82, 2.24) is 0 Å². The molecule has 0 aromatic heterocycles. The monoisotopic (exact) mass is 290 g/mol. The Morgan fingerprint density at radius 1 is 0.429 bits per heavy atom. The lowest BCUT2D eigenvalue weighted by Crippen LogP contribution is -2.31. The molecule has 0 N–H and O–H groups in total. The van der Waals surface area contributed by atoms with E-state index in [0.717, 1.165) is 41.4 Å². The number of hydrogen-bond acceptors (Lipinski definition) is 0. The van der Waals surface area contributed by atoms with Gasteiger partial charge in [-0.1, -0.05) is 40.0 Å². The maximum absolute atomic E-state index is 2.51. The lowest BCUT2D eigenvalue weighted by Gasteiger charge is -2.42. The van der Waals surface area contributed by atoms with Gasteiger partial charge in [-0.15, -0.1) is 0 Å². The number of rotatable bonds is 2. The van der Waals surface area contributed by atoms with Crippen molar-refractivity contribution in [3.63, 3.8) is 0 Å². The maximum atomic E-state index is 2.51. The summed E-state index contributed by atoms with van der Waals surface area (Å²) in [6.07, 6.45) is 17.0. The van der Waals surface area contributed by atoms with E-state index in [0.29, 0.717) is 0 Å². The van der Waals surface area contributed by atoms with E-state index in [1.54, 1.807) is 44.9 Å². The van der Waals surface area contributed by atoms with Gasteiger partial charge in [0.05, 0.1) is 0 Å². The third kappa shape index (κ3) is 3.85. The van der Waals surface area contributed by atoms with Crippen molar-refractivity contribution < 1.29 is 0 Å². The third-order valence-electron chi connectivity index (χ3n) is 7.85. The van der Waals surface area contributed by atoms with Crippen LogP contribution in [0.1, 0.15) is 91.4 Å². The van der Waals surface area contributed by atoms with Gasteiger partial charge in [-0.3, -0.25) is 0 Å². The second-order valence-electron chi connectivity index (χ2n) is 9.22. The summed E-state index contributed by atoms with van der Waals surface area (Å²) in [6, 6.07) is 0. The van der Waals surface area contributed by atoms with Crippen LogP contribution >= 0.6 is 0 Å². The van der Waals surface area contributed by atoms with Gasteiger partial charge in [0.2, 0.25) is 0 Å². The molecule has 0 spiro atoms.